The molecule has 0 aliphatic heterocycles. The van der Waals surface area contributed by atoms with Gasteiger partial charge in [0.25, 0.3) is 0 Å². The van der Waals surface area contributed by atoms with Crippen LogP contribution in [-0.2, 0) is 11.3 Å². The zero-order chi connectivity index (χ0) is 18.7. The Morgan fingerprint density at radius 1 is 1.24 bits per heavy atom. The lowest BCUT2D eigenvalue weighted by Crippen LogP contribution is -2.34. The fourth-order valence-electron chi connectivity index (χ4n) is 2.55. The van der Waals surface area contributed by atoms with Crippen molar-refractivity contribution in [3.63, 3.8) is 0 Å². The first-order chi connectivity index (χ1) is 12.1. The monoisotopic (exact) mass is 381 g/mol. The molecule has 25 heavy (non-hydrogen) atoms. The largest absolute Gasteiger partial charge is 0.372 e. The molecule has 0 aliphatic rings. The van der Waals surface area contributed by atoms with Crippen LogP contribution in [0.2, 0.25) is 0 Å². The van der Waals surface area contributed by atoms with E-state index in [2.05, 4.69) is 37.5 Å². The molecule has 2 nitrogen and oxygen atoms in total. The molecular formula is C21H29Cl2NO. The predicted molar refractivity (Wildman–Crippen MR) is 110 cm³/mol. The van der Waals surface area contributed by atoms with E-state index in [0.29, 0.717) is 16.7 Å². The molecule has 0 spiro atoms. The predicted octanol–water partition coefficient (Wildman–Crippen LogP) is 6.47. The maximum absolute atomic E-state index is 6.42. The Hall–Kier alpha value is -1.22. The molecule has 0 saturated heterocycles. The SMILES string of the molecule is C=C/C(Cl)=C(\C(Cl)=C/C)N(CCC)CC(CC)OCc1ccccc1. The summed E-state index contributed by atoms with van der Waals surface area (Å²) in [6.07, 6.45) is 5.50. The summed E-state index contributed by atoms with van der Waals surface area (Å²) in [6.45, 7) is 12.2. The molecule has 1 aromatic rings. The van der Waals surface area contributed by atoms with Crippen LogP contribution in [0.3, 0.4) is 0 Å². The number of hydrogen-bond donors (Lipinski definition) is 0. The van der Waals surface area contributed by atoms with Gasteiger partial charge in [-0.1, -0.05) is 80.0 Å². The fraction of sp³-hybridized carbons (Fsp3) is 0.429. The van der Waals surface area contributed by atoms with Crippen LogP contribution in [0.15, 0.2) is 64.8 Å². The molecule has 1 atom stereocenters. The summed E-state index contributed by atoms with van der Waals surface area (Å²) in [5, 5.41) is 1.20. The lowest BCUT2D eigenvalue weighted by atomic mass is 10.2. The minimum absolute atomic E-state index is 0.0948. The van der Waals surface area contributed by atoms with Crippen molar-refractivity contribution < 1.29 is 4.74 Å². The molecule has 0 heterocycles. The van der Waals surface area contributed by atoms with E-state index in [1.54, 1.807) is 6.08 Å². The van der Waals surface area contributed by atoms with Gasteiger partial charge in [0.05, 0.1) is 28.5 Å². The highest BCUT2D eigenvalue weighted by molar-refractivity contribution is 6.36. The average molecular weight is 382 g/mol. The molecule has 0 fully saturated rings. The molecule has 0 radical (unpaired) electrons. The molecule has 0 aromatic heterocycles. The highest BCUT2D eigenvalue weighted by Crippen LogP contribution is 2.27. The maximum Gasteiger partial charge on any atom is 0.0751 e. The summed E-state index contributed by atoms with van der Waals surface area (Å²) in [4.78, 5) is 2.20. The first kappa shape index (κ1) is 21.8. The second kappa shape index (κ2) is 12.2. The molecule has 1 unspecified atom stereocenters. The molecule has 1 aromatic carbocycles. The Morgan fingerprint density at radius 2 is 1.92 bits per heavy atom. The van der Waals surface area contributed by atoms with Gasteiger partial charge in [0.2, 0.25) is 0 Å². The minimum Gasteiger partial charge on any atom is -0.372 e. The average Bonchev–Trinajstić information content (AvgIpc) is 2.65. The van der Waals surface area contributed by atoms with Gasteiger partial charge in [0.15, 0.2) is 0 Å². The van der Waals surface area contributed by atoms with Crippen LogP contribution < -0.4 is 0 Å². The van der Waals surface area contributed by atoms with Crippen molar-refractivity contribution in [3.8, 4) is 0 Å². The molecule has 0 aliphatic carbocycles. The highest BCUT2D eigenvalue weighted by Gasteiger charge is 2.19. The van der Waals surface area contributed by atoms with Crippen molar-refractivity contribution >= 4 is 23.2 Å². The van der Waals surface area contributed by atoms with Crippen LogP contribution in [0.25, 0.3) is 0 Å². The van der Waals surface area contributed by atoms with E-state index in [1.165, 1.54) is 5.56 Å². The van der Waals surface area contributed by atoms with Crippen molar-refractivity contribution in [1.82, 2.24) is 4.90 Å². The van der Waals surface area contributed by atoms with E-state index in [4.69, 9.17) is 27.9 Å². The number of hydrogen-bond acceptors (Lipinski definition) is 2. The molecule has 0 amide bonds. The Kier molecular flexibility index (Phi) is 10.6. The van der Waals surface area contributed by atoms with E-state index in [-0.39, 0.29) is 6.10 Å². The Morgan fingerprint density at radius 3 is 2.44 bits per heavy atom. The van der Waals surface area contributed by atoms with Gasteiger partial charge in [0, 0.05) is 13.1 Å². The minimum atomic E-state index is 0.0948. The topological polar surface area (TPSA) is 12.5 Å². The first-order valence-corrected chi connectivity index (χ1v) is 9.57. The van der Waals surface area contributed by atoms with Crippen molar-refractivity contribution in [2.24, 2.45) is 0 Å². The Bertz CT molecular complexity index is 581. The van der Waals surface area contributed by atoms with Crippen LogP contribution in [0.4, 0.5) is 0 Å². The van der Waals surface area contributed by atoms with Crippen LogP contribution in [0, 0.1) is 0 Å². The summed E-state index contributed by atoms with van der Waals surface area (Å²) in [5.41, 5.74) is 2.00. The van der Waals surface area contributed by atoms with Crippen molar-refractivity contribution in [2.75, 3.05) is 13.1 Å². The summed E-state index contributed by atoms with van der Waals surface area (Å²) < 4.78 is 6.14. The van der Waals surface area contributed by atoms with Crippen molar-refractivity contribution in [3.05, 3.63) is 70.4 Å². The number of allylic oxidation sites excluding steroid dienone is 4. The summed E-state index contributed by atoms with van der Waals surface area (Å²) >= 11 is 12.8. The van der Waals surface area contributed by atoms with Crippen molar-refractivity contribution in [2.45, 2.75) is 46.3 Å². The number of nitrogens with zero attached hydrogens (tertiary/aromatic N) is 1. The second-order valence-corrected chi connectivity index (χ2v) is 6.62. The zero-order valence-corrected chi connectivity index (χ0v) is 17.0. The van der Waals surface area contributed by atoms with E-state index in [9.17, 15) is 0 Å². The van der Waals surface area contributed by atoms with Crippen LogP contribution >= 0.6 is 23.2 Å². The van der Waals surface area contributed by atoms with Crippen LogP contribution in [0.1, 0.15) is 39.2 Å². The molecule has 0 bridgehead atoms. The highest BCUT2D eigenvalue weighted by atomic mass is 35.5. The maximum atomic E-state index is 6.42. The number of benzene rings is 1. The van der Waals surface area contributed by atoms with E-state index < -0.39 is 0 Å². The molecule has 4 heteroatoms. The number of ether oxygens (including phenoxy) is 1. The van der Waals surface area contributed by atoms with E-state index >= 15 is 0 Å². The van der Waals surface area contributed by atoms with Gasteiger partial charge in [-0.3, -0.25) is 0 Å². The number of rotatable bonds is 11. The normalized spacial score (nSPS) is 14.0. The third kappa shape index (κ3) is 7.27. The van der Waals surface area contributed by atoms with Gasteiger partial charge < -0.3 is 9.64 Å². The van der Waals surface area contributed by atoms with Gasteiger partial charge in [-0.25, -0.2) is 0 Å². The fourth-order valence-corrected chi connectivity index (χ4v) is 3.04. The van der Waals surface area contributed by atoms with E-state index in [1.807, 2.05) is 31.2 Å². The Labute approximate surface area is 162 Å². The quantitative estimate of drug-likeness (QED) is 0.407. The van der Waals surface area contributed by atoms with E-state index in [0.717, 1.165) is 31.6 Å². The lowest BCUT2D eigenvalue weighted by molar-refractivity contribution is 0.0198. The molecule has 0 saturated carbocycles. The number of halogens is 2. The lowest BCUT2D eigenvalue weighted by Gasteiger charge is -2.31. The molecule has 1 rings (SSSR count). The van der Waals surface area contributed by atoms with Gasteiger partial charge >= 0.3 is 0 Å². The third-order valence-electron chi connectivity index (χ3n) is 3.90. The molecular weight excluding hydrogens is 353 g/mol. The zero-order valence-electron chi connectivity index (χ0n) is 15.5. The van der Waals surface area contributed by atoms with Gasteiger partial charge in [-0.05, 0) is 31.4 Å². The first-order valence-electron chi connectivity index (χ1n) is 8.82. The van der Waals surface area contributed by atoms with Crippen LogP contribution in [-0.4, -0.2) is 24.1 Å². The summed E-state index contributed by atoms with van der Waals surface area (Å²) in [7, 11) is 0. The second-order valence-electron chi connectivity index (χ2n) is 5.81. The smallest absolute Gasteiger partial charge is 0.0751 e. The molecule has 0 N–H and O–H groups in total. The Balaban J connectivity index is 2.90. The van der Waals surface area contributed by atoms with Gasteiger partial charge in [0.1, 0.15) is 0 Å². The van der Waals surface area contributed by atoms with Crippen molar-refractivity contribution in [1.29, 1.82) is 0 Å². The third-order valence-corrected chi connectivity index (χ3v) is 4.63. The van der Waals surface area contributed by atoms with Crippen LogP contribution in [0.5, 0.6) is 0 Å². The molecule has 138 valence electrons. The standard InChI is InChI=1S/C21H29Cl2NO/c1-5-14-24(21(19(22)7-3)20(23)8-4)15-18(6-2)25-16-17-12-10-9-11-13-17/h7-13,18H,3,5-6,14-16H2,1-2,4H3/b20-8+,21-19-. The summed E-state index contributed by atoms with van der Waals surface area (Å²) in [6, 6.07) is 10.2. The van der Waals surface area contributed by atoms with Gasteiger partial charge in [-0.15, -0.1) is 0 Å². The van der Waals surface area contributed by atoms with Gasteiger partial charge in [-0.2, -0.15) is 0 Å². The summed E-state index contributed by atoms with van der Waals surface area (Å²) in [5.74, 6) is 0.